The zero-order valence-corrected chi connectivity index (χ0v) is 20.2. The van der Waals surface area contributed by atoms with Crippen molar-refractivity contribution in [1.82, 2.24) is 0 Å². The Labute approximate surface area is 190 Å². The van der Waals surface area contributed by atoms with Crippen LogP contribution in [-0.2, 0) is 18.1 Å². The molecular formula is C18H14Cl2O6S4. The summed E-state index contributed by atoms with van der Waals surface area (Å²) in [5, 5.41) is 0. The van der Waals surface area contributed by atoms with Gasteiger partial charge in [-0.1, -0.05) is 0 Å². The number of hydrogen-bond donors (Lipinski definition) is 0. The number of furan rings is 2. The van der Waals surface area contributed by atoms with Crippen LogP contribution in [0.4, 0.5) is 0 Å². The van der Waals surface area contributed by atoms with Crippen LogP contribution in [-0.4, -0.2) is 16.8 Å². The molecule has 12 heteroatoms. The van der Waals surface area contributed by atoms with Crippen molar-refractivity contribution < 1.29 is 25.7 Å². The van der Waals surface area contributed by atoms with E-state index in [0.29, 0.717) is 11.5 Å². The van der Waals surface area contributed by atoms with Gasteiger partial charge >= 0.3 is 0 Å². The molecule has 0 aromatic carbocycles. The first-order valence-electron chi connectivity index (χ1n) is 8.16. The van der Waals surface area contributed by atoms with Gasteiger partial charge in [0.1, 0.15) is 31.5 Å². The smallest absolute Gasteiger partial charge is 0.270 e. The monoisotopic (exact) mass is 524 g/mol. The number of aryl methyl sites for hydroxylation is 2. The van der Waals surface area contributed by atoms with Gasteiger partial charge in [0.2, 0.25) is 0 Å². The number of thiophene rings is 2. The van der Waals surface area contributed by atoms with Gasteiger partial charge in [0.15, 0.2) is 0 Å². The van der Waals surface area contributed by atoms with Crippen molar-refractivity contribution in [3.8, 4) is 21.3 Å². The zero-order chi connectivity index (χ0) is 22.1. The summed E-state index contributed by atoms with van der Waals surface area (Å²) in [7, 11) is 3.16. The third-order valence-corrected chi connectivity index (χ3v) is 9.99. The van der Waals surface area contributed by atoms with E-state index in [2.05, 4.69) is 0 Å². The van der Waals surface area contributed by atoms with Crippen molar-refractivity contribution in [2.45, 2.75) is 22.3 Å². The molecule has 0 fully saturated rings. The maximum Gasteiger partial charge on any atom is 0.270 e. The summed E-state index contributed by atoms with van der Waals surface area (Å²) < 4.78 is 55.1. The van der Waals surface area contributed by atoms with Crippen LogP contribution >= 0.6 is 44.0 Å². The molecule has 0 aliphatic heterocycles. The SMILES string of the molecule is Cc1ccc(-c2ccc(S(=O)(=O)Cl)s2)o1.Cc1ccc(-c2ccc(S(=O)(=O)Cl)s2)o1. The van der Waals surface area contributed by atoms with Crippen LogP contribution in [0.5, 0.6) is 0 Å². The predicted octanol–water partition coefficient (Wildman–Crippen LogP) is 6.49. The van der Waals surface area contributed by atoms with Crippen molar-refractivity contribution in [3.63, 3.8) is 0 Å². The van der Waals surface area contributed by atoms with Gasteiger partial charge in [-0.15, -0.1) is 22.7 Å². The Morgan fingerprint density at radius 3 is 1.23 bits per heavy atom. The lowest BCUT2D eigenvalue weighted by Crippen LogP contribution is -1.83. The fraction of sp³-hybridized carbons (Fsp3) is 0.111. The van der Waals surface area contributed by atoms with Crippen molar-refractivity contribution in [2.24, 2.45) is 0 Å². The minimum atomic E-state index is -3.63. The highest BCUT2D eigenvalue weighted by atomic mass is 35.7. The van der Waals surface area contributed by atoms with Gasteiger partial charge in [0.05, 0.1) is 9.75 Å². The summed E-state index contributed by atoms with van der Waals surface area (Å²) in [4.78, 5) is 1.50. The van der Waals surface area contributed by atoms with Crippen LogP contribution in [0.3, 0.4) is 0 Å². The second-order valence-electron chi connectivity index (χ2n) is 5.93. The van der Waals surface area contributed by atoms with E-state index < -0.39 is 18.1 Å². The third kappa shape index (κ3) is 5.77. The molecule has 0 saturated carbocycles. The summed E-state index contributed by atoms with van der Waals surface area (Å²) in [6.07, 6.45) is 0. The lowest BCUT2D eigenvalue weighted by Gasteiger charge is -1.89. The van der Waals surface area contributed by atoms with Gasteiger partial charge in [-0.3, -0.25) is 0 Å². The molecule has 160 valence electrons. The molecule has 4 rings (SSSR count). The van der Waals surface area contributed by atoms with E-state index in [9.17, 15) is 16.8 Å². The fourth-order valence-corrected chi connectivity index (χ4v) is 6.37. The maximum atomic E-state index is 11.0. The lowest BCUT2D eigenvalue weighted by atomic mass is 10.4. The second-order valence-corrected chi connectivity index (χ2v) is 13.7. The van der Waals surface area contributed by atoms with E-state index in [-0.39, 0.29) is 8.42 Å². The highest BCUT2D eigenvalue weighted by Gasteiger charge is 2.16. The normalized spacial score (nSPS) is 11.9. The highest BCUT2D eigenvalue weighted by Crippen LogP contribution is 2.34. The zero-order valence-electron chi connectivity index (χ0n) is 15.5. The Morgan fingerprint density at radius 2 is 1.00 bits per heavy atom. The van der Waals surface area contributed by atoms with Crippen LogP contribution in [0.2, 0.25) is 0 Å². The molecule has 30 heavy (non-hydrogen) atoms. The average Bonchev–Trinajstić information content (AvgIpc) is 3.40. The Kier molecular flexibility index (Phi) is 6.85. The molecule has 0 aliphatic carbocycles. The van der Waals surface area contributed by atoms with Gasteiger partial charge in [0, 0.05) is 21.4 Å². The van der Waals surface area contributed by atoms with Crippen LogP contribution in [0.25, 0.3) is 21.3 Å². The minimum absolute atomic E-state index is 0.133. The first-order chi connectivity index (χ1) is 13.9. The molecule has 4 heterocycles. The summed E-state index contributed by atoms with van der Waals surface area (Å²) in [5.74, 6) is 2.88. The van der Waals surface area contributed by atoms with E-state index in [1.807, 2.05) is 26.0 Å². The summed E-state index contributed by atoms with van der Waals surface area (Å²) >= 11 is 2.19. The first-order valence-corrected chi connectivity index (χ1v) is 14.4. The molecule has 0 unspecified atom stereocenters. The lowest BCUT2D eigenvalue weighted by molar-refractivity contribution is 0.549. The Morgan fingerprint density at radius 1 is 0.633 bits per heavy atom. The van der Waals surface area contributed by atoms with E-state index >= 15 is 0 Å². The van der Waals surface area contributed by atoms with Gasteiger partial charge < -0.3 is 8.83 Å². The van der Waals surface area contributed by atoms with E-state index in [4.69, 9.17) is 30.2 Å². The van der Waals surface area contributed by atoms with Crippen LogP contribution in [0.1, 0.15) is 11.5 Å². The Hall–Kier alpha value is -1.56. The highest BCUT2D eigenvalue weighted by molar-refractivity contribution is 8.15. The summed E-state index contributed by atoms with van der Waals surface area (Å²) in [6, 6.07) is 13.5. The molecule has 0 saturated heterocycles. The number of rotatable bonds is 4. The molecule has 6 nitrogen and oxygen atoms in total. The van der Waals surface area contributed by atoms with E-state index in [1.165, 1.54) is 12.1 Å². The standard InChI is InChI=1S/2C9H7ClO3S2/c2*1-6-2-3-7(13-6)8-4-5-9(14-8)15(10,11)12/h2*2-5H,1H3. The predicted molar refractivity (Wildman–Crippen MR) is 120 cm³/mol. The van der Waals surface area contributed by atoms with Gasteiger partial charge in [-0.05, 0) is 62.4 Å². The van der Waals surface area contributed by atoms with Gasteiger partial charge in [0.25, 0.3) is 18.1 Å². The van der Waals surface area contributed by atoms with Crippen molar-refractivity contribution >= 4 is 62.1 Å². The van der Waals surface area contributed by atoms with Crippen LogP contribution < -0.4 is 0 Å². The molecule has 0 atom stereocenters. The molecular weight excluding hydrogens is 511 g/mol. The van der Waals surface area contributed by atoms with Crippen molar-refractivity contribution in [1.29, 1.82) is 0 Å². The molecule has 0 bridgehead atoms. The molecule has 0 N–H and O–H groups in total. The van der Waals surface area contributed by atoms with Gasteiger partial charge in [-0.25, -0.2) is 16.8 Å². The Bertz CT molecular complexity index is 1270. The number of hydrogen-bond acceptors (Lipinski definition) is 8. The summed E-state index contributed by atoms with van der Waals surface area (Å²) in [6.45, 7) is 3.66. The largest absolute Gasteiger partial charge is 0.461 e. The van der Waals surface area contributed by atoms with E-state index in [0.717, 1.165) is 43.9 Å². The molecule has 0 spiro atoms. The van der Waals surface area contributed by atoms with Crippen LogP contribution in [0, 0.1) is 13.8 Å². The van der Waals surface area contributed by atoms with Gasteiger partial charge in [-0.2, -0.15) is 0 Å². The quantitative estimate of drug-likeness (QED) is 0.283. The molecule has 0 amide bonds. The molecule has 0 radical (unpaired) electrons. The second kappa shape index (κ2) is 8.89. The first kappa shape index (κ1) is 23.1. The molecule has 4 aromatic rings. The maximum absolute atomic E-state index is 11.0. The topological polar surface area (TPSA) is 94.6 Å². The molecule has 0 aliphatic rings. The van der Waals surface area contributed by atoms with Crippen molar-refractivity contribution in [2.75, 3.05) is 0 Å². The van der Waals surface area contributed by atoms with Crippen molar-refractivity contribution in [3.05, 3.63) is 60.1 Å². The minimum Gasteiger partial charge on any atom is -0.461 e. The van der Waals surface area contributed by atoms with Crippen LogP contribution in [0.15, 0.2) is 65.8 Å². The Balaban J connectivity index is 0.000000171. The van der Waals surface area contributed by atoms with E-state index in [1.54, 1.807) is 24.3 Å². The average molecular weight is 525 g/mol. The molecule has 4 aromatic heterocycles. The fourth-order valence-electron chi connectivity index (χ4n) is 2.30. The summed E-state index contributed by atoms with van der Waals surface area (Å²) in [5.41, 5.74) is 0. The third-order valence-electron chi connectivity index (χ3n) is 3.61. The number of halogens is 2.